The molecular weight excluding hydrogens is 326 g/mol. The molecule has 3 radical (unpaired) electrons. The van der Waals surface area contributed by atoms with Gasteiger partial charge in [0, 0.05) is 18.6 Å². The largest absolute Gasteiger partial charge is 0.238 e. The molecule has 0 aromatic rings. The molecule has 0 nitrogen and oxygen atoms in total. The minimum atomic E-state index is 0. The Morgan fingerprint density at radius 3 is 1.40 bits per heavy atom. The summed E-state index contributed by atoms with van der Waals surface area (Å²) >= 11 is 4.22. The molecule has 0 aliphatic rings. The van der Waals surface area contributed by atoms with Crippen LogP contribution in [0, 0.1) is 0 Å². The Hall–Kier alpha value is 2.17. The molecule has 0 aliphatic carbocycles. The second-order valence-corrected chi connectivity index (χ2v) is 5.40. The summed E-state index contributed by atoms with van der Waals surface area (Å²) < 4.78 is 0.273. The van der Waals surface area contributed by atoms with Crippen LogP contribution in [0.15, 0.2) is 0 Å². The van der Waals surface area contributed by atoms with Crippen molar-refractivity contribution in [2.24, 2.45) is 0 Å². The monoisotopic (exact) mass is 327 g/mol. The van der Waals surface area contributed by atoms with E-state index < -0.39 is 0 Å². The fourth-order valence-electron chi connectivity index (χ4n) is 0. The summed E-state index contributed by atoms with van der Waals surface area (Å²) in [4.78, 5) is 0. The maximum Gasteiger partial charge on any atom is 0.238 e. The van der Waals surface area contributed by atoms with Gasteiger partial charge in [0.1, 0.15) is 0 Å². The molecule has 0 unspecified atom stereocenters. The normalized spacial score (nSPS) is 5.20. The standard InChI is InChI=1S/B2I2.V/c1-2(3)4;. The molecule has 0 atom stereocenters. The van der Waals surface area contributed by atoms with Crippen LogP contribution in [0.25, 0.3) is 0 Å². The Bertz CT molecular complexity index is 12.4. The zero-order chi connectivity index (χ0) is 3.58. The number of halogens is 2. The molecule has 0 fully saturated rings. The van der Waals surface area contributed by atoms with Gasteiger partial charge in [-0.2, -0.15) is 0 Å². The van der Waals surface area contributed by atoms with Crippen LogP contribution in [0.4, 0.5) is 0 Å². The summed E-state index contributed by atoms with van der Waals surface area (Å²) in [5, 5.41) is 0. The maximum atomic E-state index is 5.08. The van der Waals surface area contributed by atoms with Crippen molar-refractivity contribution in [3.05, 3.63) is 0 Å². The number of hydrogen-bond acceptors (Lipinski definition) is 0. The van der Waals surface area contributed by atoms with E-state index in [0.29, 0.717) is 0 Å². The van der Waals surface area contributed by atoms with E-state index in [1.807, 2.05) is 0 Å². The molecule has 0 heterocycles. The molecule has 0 amide bonds. The van der Waals surface area contributed by atoms with E-state index in [-0.39, 0.29) is 20.9 Å². The predicted octanol–water partition coefficient (Wildman–Crippen LogP) is 1.01. The van der Waals surface area contributed by atoms with Gasteiger partial charge in [-0.15, -0.1) is 44.7 Å². The molecule has 0 rings (SSSR count). The Labute approximate surface area is 72.3 Å². The first kappa shape index (κ1) is 10.2. The minimum Gasteiger partial charge on any atom is -0.146 e. The predicted molar refractivity (Wildman–Crippen MR) is 39.5 cm³/mol. The molecule has 0 saturated heterocycles. The van der Waals surface area contributed by atoms with Gasteiger partial charge < -0.3 is 0 Å². The summed E-state index contributed by atoms with van der Waals surface area (Å²) in [6.45, 7) is 0. The van der Waals surface area contributed by atoms with Crippen molar-refractivity contribution in [3.8, 4) is 0 Å². The smallest absolute Gasteiger partial charge is 0.146 e. The average molecular weight is 326 g/mol. The molecule has 0 bridgehead atoms. The summed E-state index contributed by atoms with van der Waals surface area (Å²) in [5.41, 5.74) is 0. The number of hydrogen-bond donors (Lipinski definition) is 0. The molecule has 0 spiro atoms. The van der Waals surface area contributed by atoms with E-state index in [2.05, 4.69) is 44.7 Å². The van der Waals surface area contributed by atoms with Crippen LogP contribution >= 0.6 is 44.7 Å². The van der Waals surface area contributed by atoms with Crippen molar-refractivity contribution in [3.63, 3.8) is 0 Å². The van der Waals surface area contributed by atoms with Crippen LogP contribution in [-0.2, 0) is 18.6 Å². The SMILES string of the molecule is [B]B(I)I.[V]. The van der Waals surface area contributed by atoms with Crippen molar-refractivity contribution in [1.29, 1.82) is 0 Å². The van der Waals surface area contributed by atoms with Gasteiger partial charge in [-0.05, 0) is 0 Å². The van der Waals surface area contributed by atoms with E-state index in [1.54, 1.807) is 0 Å². The van der Waals surface area contributed by atoms with E-state index in [4.69, 9.17) is 7.74 Å². The molecular formula is B2I2V. The Morgan fingerprint density at radius 2 is 1.40 bits per heavy atom. The second kappa shape index (κ2) is 6.17. The van der Waals surface area contributed by atoms with Crippen molar-refractivity contribution in [2.45, 2.75) is 0 Å². The first-order chi connectivity index (χ1) is 1.73. The van der Waals surface area contributed by atoms with Crippen LogP contribution in [0.5, 0.6) is 0 Å². The maximum absolute atomic E-state index is 5.08. The summed E-state index contributed by atoms with van der Waals surface area (Å²) in [7, 11) is 5.08. The van der Waals surface area contributed by atoms with E-state index in [0.717, 1.165) is 0 Å². The van der Waals surface area contributed by atoms with Gasteiger partial charge in [0.25, 0.3) is 0 Å². The Balaban J connectivity index is 0. The van der Waals surface area contributed by atoms with E-state index in [9.17, 15) is 0 Å². The molecule has 0 aliphatic heterocycles. The third-order valence-electron chi connectivity index (χ3n) is 0. The summed E-state index contributed by atoms with van der Waals surface area (Å²) in [6, 6.07) is 0. The molecule has 0 aromatic heterocycles. The quantitative estimate of drug-likeness (QED) is 0.460. The fraction of sp³-hybridized carbons (Fsp3) is 0. The molecule has 0 saturated carbocycles. The van der Waals surface area contributed by atoms with Crippen LogP contribution in [-0.4, -0.2) is 10.1 Å². The van der Waals surface area contributed by atoms with Gasteiger partial charge in [-0.25, -0.2) is 0 Å². The van der Waals surface area contributed by atoms with Gasteiger partial charge in [-0.1, -0.05) is 0 Å². The van der Waals surface area contributed by atoms with Crippen LogP contribution in [0.3, 0.4) is 0 Å². The van der Waals surface area contributed by atoms with Gasteiger partial charge in [-0.3, -0.25) is 0 Å². The number of rotatable bonds is 0. The van der Waals surface area contributed by atoms with Gasteiger partial charge in [0.05, 0.1) is 7.74 Å². The first-order valence-electron chi connectivity index (χ1n) is 0.770. The fourth-order valence-corrected chi connectivity index (χ4v) is 0. The molecule has 0 aromatic carbocycles. The summed E-state index contributed by atoms with van der Waals surface area (Å²) in [6.07, 6.45) is 0. The van der Waals surface area contributed by atoms with Gasteiger partial charge in [0.2, 0.25) is 2.32 Å². The third-order valence-corrected chi connectivity index (χ3v) is 0. The zero-order valence-electron chi connectivity index (χ0n) is 2.36. The van der Waals surface area contributed by atoms with Crippen molar-refractivity contribution in [2.75, 3.05) is 0 Å². The van der Waals surface area contributed by atoms with Gasteiger partial charge in [0.15, 0.2) is 0 Å². The Kier molecular flexibility index (Phi) is 12.6. The van der Waals surface area contributed by atoms with Crippen molar-refractivity contribution < 1.29 is 18.6 Å². The average Bonchev–Trinajstić information content (AvgIpc) is 0.811. The van der Waals surface area contributed by atoms with Crippen molar-refractivity contribution >= 4 is 54.8 Å². The van der Waals surface area contributed by atoms with E-state index >= 15 is 0 Å². The zero-order valence-corrected chi connectivity index (χ0v) is 8.07. The van der Waals surface area contributed by atoms with Crippen LogP contribution in [0.1, 0.15) is 0 Å². The topological polar surface area (TPSA) is 0 Å². The molecule has 5 heteroatoms. The van der Waals surface area contributed by atoms with Crippen LogP contribution < -0.4 is 0 Å². The Morgan fingerprint density at radius 1 is 1.40 bits per heavy atom. The van der Waals surface area contributed by atoms with Gasteiger partial charge >= 0.3 is 0 Å². The van der Waals surface area contributed by atoms with Crippen molar-refractivity contribution in [1.82, 2.24) is 0 Å². The molecule has 5 heavy (non-hydrogen) atoms. The second-order valence-electron chi connectivity index (χ2n) is 0.334. The van der Waals surface area contributed by atoms with E-state index in [1.165, 1.54) is 0 Å². The minimum absolute atomic E-state index is 0. The summed E-state index contributed by atoms with van der Waals surface area (Å²) in [5.74, 6) is 0. The molecule has 25 valence electrons. The first-order valence-corrected chi connectivity index (χ1v) is 3.26. The van der Waals surface area contributed by atoms with Crippen LogP contribution in [0.2, 0.25) is 0 Å². The molecule has 0 N–H and O–H groups in total. The third kappa shape index (κ3) is 22.8.